The highest BCUT2D eigenvalue weighted by atomic mass is 16.5. The van der Waals surface area contributed by atoms with E-state index in [4.69, 9.17) is 9.63 Å². The van der Waals surface area contributed by atoms with Crippen molar-refractivity contribution < 1.29 is 9.63 Å². The summed E-state index contributed by atoms with van der Waals surface area (Å²) in [4.78, 5) is 0. The van der Waals surface area contributed by atoms with Gasteiger partial charge in [0, 0.05) is 18.2 Å². The van der Waals surface area contributed by atoms with Crippen LogP contribution in [-0.2, 0) is 6.42 Å². The van der Waals surface area contributed by atoms with E-state index < -0.39 is 0 Å². The quantitative estimate of drug-likeness (QED) is 0.840. The first-order valence-electron chi connectivity index (χ1n) is 8.90. The van der Waals surface area contributed by atoms with E-state index in [9.17, 15) is 0 Å². The van der Waals surface area contributed by atoms with Gasteiger partial charge < -0.3 is 9.63 Å². The second kappa shape index (κ2) is 9.30. The van der Waals surface area contributed by atoms with Crippen molar-refractivity contribution in [3.8, 4) is 11.8 Å². The molecule has 0 amide bonds. The Morgan fingerprint density at radius 1 is 1.17 bits per heavy atom. The van der Waals surface area contributed by atoms with Crippen LogP contribution in [0.3, 0.4) is 0 Å². The molecule has 3 nitrogen and oxygen atoms in total. The first-order valence-corrected chi connectivity index (χ1v) is 8.90. The molecule has 3 rings (SSSR count). The molecule has 0 aliphatic heterocycles. The molecule has 1 aliphatic rings. The normalized spacial score (nSPS) is 18.2. The molecule has 1 aliphatic carbocycles. The number of aryl methyl sites for hydroxylation is 1. The van der Waals surface area contributed by atoms with Crippen molar-refractivity contribution in [2.24, 2.45) is 5.92 Å². The van der Waals surface area contributed by atoms with E-state index in [1.807, 2.05) is 25.1 Å². The van der Waals surface area contributed by atoms with Crippen molar-refractivity contribution in [1.82, 2.24) is 5.16 Å². The van der Waals surface area contributed by atoms with Gasteiger partial charge in [-0.05, 0) is 54.7 Å². The van der Waals surface area contributed by atoms with Crippen molar-refractivity contribution in [2.75, 3.05) is 6.61 Å². The molecule has 0 radical (unpaired) electrons. The van der Waals surface area contributed by atoms with Crippen LogP contribution in [0.1, 0.15) is 68.5 Å². The number of hydrogen-bond acceptors (Lipinski definition) is 3. The molecule has 1 aromatic heterocycles. The summed E-state index contributed by atoms with van der Waals surface area (Å²) in [6.07, 6.45) is 4.22. The maximum Gasteiger partial charge on any atom is 0.210 e. The van der Waals surface area contributed by atoms with Crippen LogP contribution >= 0.6 is 0 Å². The molecule has 3 heteroatoms. The lowest BCUT2D eigenvalue weighted by Crippen LogP contribution is -1.88. The van der Waals surface area contributed by atoms with Gasteiger partial charge in [-0.2, -0.15) is 0 Å². The van der Waals surface area contributed by atoms with E-state index in [2.05, 4.69) is 43.0 Å². The molecular weight excluding hydrogens is 298 g/mol. The summed E-state index contributed by atoms with van der Waals surface area (Å²) in [5, 5.41) is 12.9. The molecule has 1 fully saturated rings. The largest absolute Gasteiger partial charge is 0.396 e. The number of aromatic nitrogens is 1. The SMILES string of the molecule is CCC.CCc1cc(C#Cc2ccc(C3CC3CCO)cc2)on1. The zero-order valence-corrected chi connectivity index (χ0v) is 14.9. The Labute approximate surface area is 145 Å². The minimum atomic E-state index is 0.293. The number of aliphatic hydroxyl groups is 1. The summed E-state index contributed by atoms with van der Waals surface area (Å²) in [5.74, 6) is 7.99. The van der Waals surface area contributed by atoms with E-state index in [0.717, 1.165) is 24.1 Å². The highest BCUT2D eigenvalue weighted by Gasteiger charge is 2.37. The van der Waals surface area contributed by atoms with Gasteiger partial charge in [0.05, 0.1) is 5.69 Å². The third-order valence-electron chi connectivity index (χ3n) is 4.01. The number of benzene rings is 1. The Hall–Kier alpha value is -2.05. The lowest BCUT2D eigenvalue weighted by atomic mass is 10.1. The number of nitrogens with zero attached hydrogens (tertiary/aromatic N) is 1. The second-order valence-corrected chi connectivity index (χ2v) is 6.23. The van der Waals surface area contributed by atoms with Gasteiger partial charge in [-0.25, -0.2) is 0 Å². The van der Waals surface area contributed by atoms with Crippen LogP contribution in [0.15, 0.2) is 34.9 Å². The molecule has 1 heterocycles. The third kappa shape index (κ3) is 5.25. The molecule has 2 atom stereocenters. The predicted molar refractivity (Wildman–Crippen MR) is 96.8 cm³/mol. The molecule has 1 aromatic carbocycles. The van der Waals surface area contributed by atoms with Crippen LogP contribution in [0.4, 0.5) is 0 Å². The minimum absolute atomic E-state index is 0.293. The Morgan fingerprint density at radius 2 is 1.88 bits per heavy atom. The Balaban J connectivity index is 0.000000647. The van der Waals surface area contributed by atoms with Crippen LogP contribution in [0, 0.1) is 17.8 Å². The van der Waals surface area contributed by atoms with Crippen LogP contribution < -0.4 is 0 Å². The summed E-state index contributed by atoms with van der Waals surface area (Å²) < 4.78 is 5.14. The van der Waals surface area contributed by atoms with Crippen molar-refractivity contribution in [3.05, 3.63) is 52.9 Å². The topological polar surface area (TPSA) is 46.3 Å². The Kier molecular flexibility index (Phi) is 7.08. The average Bonchev–Trinajstić information content (AvgIpc) is 3.21. The summed E-state index contributed by atoms with van der Waals surface area (Å²) in [6.45, 7) is 6.58. The second-order valence-electron chi connectivity index (χ2n) is 6.23. The molecule has 2 aromatic rings. The fourth-order valence-electron chi connectivity index (χ4n) is 2.63. The molecule has 0 saturated heterocycles. The summed E-state index contributed by atoms with van der Waals surface area (Å²) in [7, 11) is 0. The van der Waals surface area contributed by atoms with Crippen molar-refractivity contribution >= 4 is 0 Å². The number of hydrogen-bond donors (Lipinski definition) is 1. The lowest BCUT2D eigenvalue weighted by molar-refractivity contribution is 0.279. The number of aliphatic hydroxyl groups excluding tert-OH is 1. The molecule has 0 spiro atoms. The molecule has 1 N–H and O–H groups in total. The third-order valence-corrected chi connectivity index (χ3v) is 4.01. The van der Waals surface area contributed by atoms with Gasteiger partial charge in [0.15, 0.2) is 0 Å². The zero-order chi connectivity index (χ0) is 17.4. The van der Waals surface area contributed by atoms with Crippen LogP contribution in [0.5, 0.6) is 0 Å². The highest BCUT2D eigenvalue weighted by Crippen LogP contribution is 2.49. The van der Waals surface area contributed by atoms with Crippen molar-refractivity contribution in [1.29, 1.82) is 0 Å². The van der Waals surface area contributed by atoms with Gasteiger partial charge in [0.2, 0.25) is 5.76 Å². The zero-order valence-electron chi connectivity index (χ0n) is 14.9. The molecule has 128 valence electrons. The highest BCUT2D eigenvalue weighted by molar-refractivity contribution is 5.41. The standard InChI is InChI=1S/C18H19NO2.C3H8/c1-2-16-12-17(21-19-16)8-5-13-3-6-14(7-4-13)18-11-15(18)9-10-20;1-3-2/h3-4,6-7,12,15,18,20H,2,9-11H2,1H3;3H2,1-2H3. The minimum Gasteiger partial charge on any atom is -0.396 e. The van der Waals surface area contributed by atoms with Gasteiger partial charge in [-0.1, -0.05) is 50.4 Å². The first-order chi connectivity index (χ1) is 11.7. The Bertz CT molecular complexity index is 676. The Morgan fingerprint density at radius 3 is 2.46 bits per heavy atom. The summed E-state index contributed by atoms with van der Waals surface area (Å²) in [5.41, 5.74) is 3.26. The average molecular weight is 325 g/mol. The van der Waals surface area contributed by atoms with Gasteiger partial charge in [0.1, 0.15) is 0 Å². The van der Waals surface area contributed by atoms with Crippen LogP contribution in [0.2, 0.25) is 0 Å². The van der Waals surface area contributed by atoms with Gasteiger partial charge in [-0.3, -0.25) is 0 Å². The van der Waals surface area contributed by atoms with E-state index in [1.54, 1.807) is 0 Å². The molecule has 2 unspecified atom stereocenters. The maximum absolute atomic E-state index is 8.95. The van der Waals surface area contributed by atoms with Gasteiger partial charge >= 0.3 is 0 Å². The smallest absolute Gasteiger partial charge is 0.210 e. The summed E-state index contributed by atoms with van der Waals surface area (Å²) in [6, 6.07) is 10.3. The van der Waals surface area contributed by atoms with Gasteiger partial charge in [-0.15, -0.1) is 0 Å². The lowest BCUT2D eigenvalue weighted by Gasteiger charge is -1.99. The number of rotatable bonds is 4. The van der Waals surface area contributed by atoms with E-state index in [-0.39, 0.29) is 0 Å². The molecule has 0 bridgehead atoms. The molecule has 1 saturated carbocycles. The van der Waals surface area contributed by atoms with E-state index in [1.165, 1.54) is 18.4 Å². The van der Waals surface area contributed by atoms with E-state index >= 15 is 0 Å². The van der Waals surface area contributed by atoms with Crippen molar-refractivity contribution in [2.45, 2.75) is 52.4 Å². The maximum atomic E-state index is 8.95. The molecular formula is C21H27NO2. The first kappa shape index (κ1) is 18.3. The van der Waals surface area contributed by atoms with Crippen molar-refractivity contribution in [3.63, 3.8) is 0 Å². The van der Waals surface area contributed by atoms with Crippen LogP contribution in [0.25, 0.3) is 0 Å². The molecule has 24 heavy (non-hydrogen) atoms. The predicted octanol–water partition coefficient (Wildman–Crippen LogP) is 4.54. The monoisotopic (exact) mass is 325 g/mol. The summed E-state index contributed by atoms with van der Waals surface area (Å²) >= 11 is 0. The van der Waals surface area contributed by atoms with Gasteiger partial charge in [0.25, 0.3) is 0 Å². The van der Waals surface area contributed by atoms with Crippen LogP contribution in [-0.4, -0.2) is 16.9 Å². The fraction of sp³-hybridized carbons (Fsp3) is 0.476. The fourth-order valence-corrected chi connectivity index (χ4v) is 2.63. The van der Waals surface area contributed by atoms with E-state index in [0.29, 0.717) is 24.2 Å².